The van der Waals surface area contributed by atoms with Gasteiger partial charge < -0.3 is 5.32 Å². The van der Waals surface area contributed by atoms with E-state index in [0.717, 1.165) is 51.4 Å². The lowest BCUT2D eigenvalue weighted by atomic mass is 9.37. The Balaban J connectivity index is 1.61. The first-order chi connectivity index (χ1) is 16.3. The van der Waals surface area contributed by atoms with Gasteiger partial charge in [0.15, 0.2) is 5.78 Å². The largest absolute Gasteiger partial charge is 0.359 e. The molecular weight excluding hydrogens is 432 g/mol. The van der Waals surface area contributed by atoms with Crippen molar-refractivity contribution in [1.29, 1.82) is 5.26 Å². The Morgan fingerprint density at radius 2 is 1.71 bits per heavy atom. The summed E-state index contributed by atoms with van der Waals surface area (Å²) in [5.74, 6) is 1.74. The second kappa shape index (κ2) is 7.56. The maximum absolute atomic E-state index is 13.4. The number of carbonyl (C=O) groups excluding carboxylic acids is 2. The summed E-state index contributed by atoms with van der Waals surface area (Å²) in [6.45, 7) is 13.7. The zero-order chi connectivity index (χ0) is 25.6. The minimum absolute atomic E-state index is 0.0237. The van der Waals surface area contributed by atoms with Crippen molar-refractivity contribution in [3.05, 3.63) is 23.3 Å². The third kappa shape index (κ3) is 3.15. The first kappa shape index (κ1) is 24.8. The lowest BCUT2D eigenvalue weighted by Crippen LogP contribution is -2.61. The van der Waals surface area contributed by atoms with Crippen molar-refractivity contribution in [2.45, 2.75) is 92.9 Å². The summed E-state index contributed by atoms with van der Waals surface area (Å²) < 4.78 is 0. The van der Waals surface area contributed by atoms with Crippen molar-refractivity contribution in [2.24, 2.45) is 50.7 Å². The van der Waals surface area contributed by atoms with Gasteiger partial charge in [0.1, 0.15) is 6.07 Å². The Labute approximate surface area is 212 Å². The van der Waals surface area contributed by atoms with E-state index in [9.17, 15) is 14.9 Å². The number of allylic oxidation sites excluding steroid dienone is 4. The van der Waals surface area contributed by atoms with E-state index >= 15 is 0 Å². The summed E-state index contributed by atoms with van der Waals surface area (Å²) in [6, 6.07) is 2.25. The molecule has 5 aliphatic carbocycles. The number of ketones is 1. The molecule has 4 heteroatoms. The minimum atomic E-state index is -0.506. The van der Waals surface area contributed by atoms with E-state index in [0.29, 0.717) is 23.3 Å². The fraction of sp³-hybridized carbons (Fsp3) is 0.774. The van der Waals surface area contributed by atoms with Crippen molar-refractivity contribution in [1.82, 2.24) is 5.32 Å². The Kier molecular flexibility index (Phi) is 5.36. The van der Waals surface area contributed by atoms with Crippen LogP contribution in [0.2, 0.25) is 0 Å². The molecule has 0 heterocycles. The van der Waals surface area contributed by atoms with E-state index in [2.05, 4.69) is 65.1 Å². The van der Waals surface area contributed by atoms with Crippen LogP contribution in [0.15, 0.2) is 23.3 Å². The molecule has 4 nitrogen and oxygen atoms in total. The number of hydrogen-bond acceptors (Lipinski definition) is 3. The molecule has 0 aromatic heterocycles. The van der Waals surface area contributed by atoms with Crippen LogP contribution in [0.5, 0.6) is 0 Å². The molecule has 0 aromatic rings. The van der Waals surface area contributed by atoms with Crippen LogP contribution in [-0.4, -0.2) is 18.7 Å². The molecule has 0 spiro atoms. The Morgan fingerprint density at radius 3 is 2.37 bits per heavy atom. The van der Waals surface area contributed by atoms with E-state index in [4.69, 9.17) is 0 Å². The van der Waals surface area contributed by atoms with Gasteiger partial charge in [-0.3, -0.25) is 9.59 Å². The third-order valence-corrected chi connectivity index (χ3v) is 12.0. The summed E-state index contributed by atoms with van der Waals surface area (Å²) >= 11 is 0. The van der Waals surface area contributed by atoms with Crippen LogP contribution < -0.4 is 5.32 Å². The van der Waals surface area contributed by atoms with Crippen molar-refractivity contribution in [3.63, 3.8) is 0 Å². The first-order valence-corrected chi connectivity index (χ1v) is 13.9. The number of hydrogen-bond donors (Lipinski definition) is 1. The zero-order valence-corrected chi connectivity index (χ0v) is 22.9. The Bertz CT molecular complexity index is 1070. The molecule has 0 aromatic carbocycles. The number of rotatable bonds is 1. The number of nitrogens with zero attached hydrogens (tertiary/aromatic N) is 1. The van der Waals surface area contributed by atoms with Crippen LogP contribution in [0.4, 0.5) is 0 Å². The van der Waals surface area contributed by atoms with Crippen LogP contribution >= 0.6 is 0 Å². The van der Waals surface area contributed by atoms with E-state index in [1.807, 2.05) is 0 Å². The second-order valence-electron chi connectivity index (χ2n) is 14.4. The topological polar surface area (TPSA) is 70.0 Å². The normalized spacial score (nSPS) is 45.4. The maximum Gasteiger partial charge on any atom is 0.226 e. The quantitative estimate of drug-likeness (QED) is 0.446. The van der Waals surface area contributed by atoms with Gasteiger partial charge in [-0.2, -0.15) is 5.26 Å². The summed E-state index contributed by atoms with van der Waals surface area (Å²) in [6.07, 6.45) is 13.0. The molecule has 3 unspecified atom stereocenters. The molecule has 190 valence electrons. The minimum Gasteiger partial charge on any atom is -0.359 e. The molecule has 1 amide bonds. The van der Waals surface area contributed by atoms with Crippen LogP contribution in [0, 0.1) is 62.1 Å². The highest BCUT2D eigenvalue weighted by Gasteiger charge is 2.65. The molecule has 3 saturated carbocycles. The molecule has 35 heavy (non-hydrogen) atoms. The third-order valence-electron chi connectivity index (χ3n) is 12.0. The number of nitriles is 1. The smallest absolute Gasteiger partial charge is 0.226 e. The summed E-state index contributed by atoms with van der Waals surface area (Å²) in [7, 11) is 1.81. The SMILES string of the molecule is CNC(=O)C12CCC3C(=CCC4[C@@]3(C)CC[C@H]3C(C)(C)C(=O)C(C#N)=C[C@]43C)[C@@H]1CC(C)(C)CC2. The predicted molar refractivity (Wildman–Crippen MR) is 138 cm³/mol. The highest BCUT2D eigenvalue weighted by Crippen LogP contribution is 2.71. The van der Waals surface area contributed by atoms with E-state index in [1.165, 1.54) is 0 Å². The van der Waals surface area contributed by atoms with Crippen molar-refractivity contribution < 1.29 is 9.59 Å². The number of carbonyl (C=O) groups is 2. The van der Waals surface area contributed by atoms with Gasteiger partial charge in [0.05, 0.1) is 11.0 Å². The van der Waals surface area contributed by atoms with Gasteiger partial charge in [0.2, 0.25) is 5.91 Å². The van der Waals surface area contributed by atoms with Crippen LogP contribution in [0.25, 0.3) is 0 Å². The second-order valence-corrected chi connectivity index (χ2v) is 14.4. The standard InChI is InChI=1S/C31H44N2O2/c1-27(2)14-15-31(26(35)33-7)13-10-21-20(22(31)17-27)8-9-24-29(21,5)12-11-23-28(3,4)25(34)19(18-32)16-30(23,24)6/h8,16,21-24H,9-15,17H2,1-7H3,(H,33,35)/t21?,22-,23-,24?,29-,30-,31?/m0/s1. The van der Waals surface area contributed by atoms with Crippen molar-refractivity contribution in [3.8, 4) is 6.07 Å². The number of fused-ring (bicyclic) bond motifs is 7. The number of Topliss-reactive ketones (excluding diaryl/α,β-unsaturated/α-hetero) is 1. The van der Waals surface area contributed by atoms with Gasteiger partial charge in [-0.1, -0.05) is 59.3 Å². The molecule has 0 radical (unpaired) electrons. The van der Waals surface area contributed by atoms with E-state index in [-0.39, 0.29) is 39.3 Å². The zero-order valence-electron chi connectivity index (χ0n) is 22.9. The average Bonchev–Trinajstić information content (AvgIpc) is 2.80. The fourth-order valence-electron chi connectivity index (χ4n) is 10.2. The number of nitrogens with one attached hydrogen (secondary N) is 1. The molecule has 1 N–H and O–H groups in total. The highest BCUT2D eigenvalue weighted by molar-refractivity contribution is 6.04. The molecule has 3 fully saturated rings. The molecule has 0 saturated heterocycles. The lowest BCUT2D eigenvalue weighted by Gasteiger charge is -2.66. The van der Waals surface area contributed by atoms with Crippen LogP contribution in [-0.2, 0) is 9.59 Å². The lowest BCUT2D eigenvalue weighted by molar-refractivity contribution is -0.151. The summed E-state index contributed by atoms with van der Waals surface area (Å²) in [5, 5.41) is 12.9. The van der Waals surface area contributed by atoms with E-state index < -0.39 is 5.41 Å². The fourth-order valence-corrected chi connectivity index (χ4v) is 10.2. The van der Waals surface area contributed by atoms with Gasteiger partial charge in [-0.05, 0) is 91.3 Å². The first-order valence-electron chi connectivity index (χ1n) is 13.9. The van der Waals surface area contributed by atoms with Crippen molar-refractivity contribution in [2.75, 3.05) is 7.05 Å². The number of amides is 1. The average molecular weight is 477 g/mol. The molecule has 5 aliphatic rings. The Hall–Kier alpha value is -1.89. The molecule has 0 bridgehead atoms. The van der Waals surface area contributed by atoms with Gasteiger partial charge in [0, 0.05) is 12.5 Å². The van der Waals surface area contributed by atoms with Gasteiger partial charge in [-0.15, -0.1) is 0 Å². The van der Waals surface area contributed by atoms with Gasteiger partial charge >= 0.3 is 0 Å². The monoisotopic (exact) mass is 476 g/mol. The molecule has 0 aliphatic heterocycles. The van der Waals surface area contributed by atoms with E-state index in [1.54, 1.807) is 12.6 Å². The molecule has 5 rings (SSSR count). The van der Waals surface area contributed by atoms with Crippen LogP contribution in [0.1, 0.15) is 92.9 Å². The predicted octanol–water partition coefficient (Wildman–Crippen LogP) is 6.38. The molecule has 7 atom stereocenters. The Morgan fingerprint density at radius 1 is 1.00 bits per heavy atom. The summed E-state index contributed by atoms with van der Waals surface area (Å²) in [5.41, 5.74) is 1.37. The highest BCUT2D eigenvalue weighted by atomic mass is 16.2. The van der Waals surface area contributed by atoms with Crippen LogP contribution in [0.3, 0.4) is 0 Å². The van der Waals surface area contributed by atoms with Crippen molar-refractivity contribution >= 4 is 11.7 Å². The maximum atomic E-state index is 13.4. The van der Waals surface area contributed by atoms with Gasteiger partial charge in [-0.25, -0.2) is 0 Å². The molecular formula is C31H44N2O2. The summed E-state index contributed by atoms with van der Waals surface area (Å²) in [4.78, 5) is 26.5. The van der Waals surface area contributed by atoms with Gasteiger partial charge in [0.25, 0.3) is 0 Å².